The van der Waals surface area contributed by atoms with Crippen LogP contribution in [-0.4, -0.2) is 26.6 Å². The van der Waals surface area contributed by atoms with Crippen LogP contribution in [0.15, 0.2) is 18.5 Å². The number of hydrogen-bond donors (Lipinski definition) is 1. The van der Waals surface area contributed by atoms with Crippen LogP contribution in [0.5, 0.6) is 0 Å². The van der Waals surface area contributed by atoms with Crippen LogP contribution in [0.2, 0.25) is 5.15 Å². The fraction of sp³-hybridized carbons (Fsp3) is 0.250. The molecule has 2 N–H and O–H groups in total. The highest BCUT2D eigenvalue weighted by atomic mass is 35.5. The van der Waals surface area contributed by atoms with Crippen molar-refractivity contribution in [3.8, 4) is 6.07 Å². The number of aromatic nitrogens is 4. The predicted molar refractivity (Wildman–Crippen MR) is 94.3 cm³/mol. The average Bonchev–Trinajstić information content (AvgIpc) is 2.95. The number of hydrogen-bond acceptors (Lipinski definition) is 6. The van der Waals surface area contributed by atoms with E-state index in [-0.39, 0.29) is 5.15 Å². The molecule has 0 radical (unpaired) electrons. The number of aryl methyl sites for hydroxylation is 2. The summed E-state index contributed by atoms with van der Waals surface area (Å²) in [5, 5.41) is 9.33. The molecule has 3 rings (SSSR count). The number of pyridine rings is 2. The van der Waals surface area contributed by atoms with Crippen molar-refractivity contribution >= 4 is 40.0 Å². The molecule has 0 saturated heterocycles. The van der Waals surface area contributed by atoms with E-state index >= 15 is 0 Å². The second-order valence-electron chi connectivity index (χ2n) is 5.42. The Morgan fingerprint density at radius 1 is 1.38 bits per heavy atom. The smallest absolute Gasteiger partial charge is 0.154 e. The minimum absolute atomic E-state index is 0.263. The van der Waals surface area contributed by atoms with Gasteiger partial charge in [0, 0.05) is 20.2 Å². The molecule has 0 fully saturated rings. The molecule has 3 aromatic rings. The molecule has 0 aliphatic rings. The number of rotatable bonds is 3. The van der Waals surface area contributed by atoms with Crippen molar-refractivity contribution in [3.63, 3.8) is 0 Å². The Balaban J connectivity index is 2.18. The van der Waals surface area contributed by atoms with E-state index < -0.39 is 0 Å². The maximum absolute atomic E-state index is 9.07. The minimum atomic E-state index is 0.263. The summed E-state index contributed by atoms with van der Waals surface area (Å²) in [6, 6.07) is 5.66. The number of fused-ring (bicyclic) bond motifs is 1. The second-order valence-corrected chi connectivity index (χ2v) is 5.78. The molecule has 0 atom stereocenters. The molecule has 0 saturated carbocycles. The largest absolute Gasteiger partial charge is 0.382 e. The summed E-state index contributed by atoms with van der Waals surface area (Å²) < 4.78 is 1.88. The first-order valence-electron chi connectivity index (χ1n) is 7.37. The molecule has 3 heterocycles. The third kappa shape index (κ3) is 2.51. The van der Waals surface area contributed by atoms with Gasteiger partial charge in [0.25, 0.3) is 0 Å². The Morgan fingerprint density at radius 2 is 2.12 bits per heavy atom. The maximum atomic E-state index is 9.07. The van der Waals surface area contributed by atoms with Crippen LogP contribution in [0.1, 0.15) is 18.2 Å². The van der Waals surface area contributed by atoms with Gasteiger partial charge in [0.1, 0.15) is 23.1 Å². The molecule has 0 aliphatic carbocycles. The van der Waals surface area contributed by atoms with E-state index in [0.717, 1.165) is 11.1 Å². The van der Waals surface area contributed by atoms with E-state index in [1.54, 1.807) is 12.4 Å². The van der Waals surface area contributed by atoms with Gasteiger partial charge in [-0.2, -0.15) is 5.26 Å². The van der Waals surface area contributed by atoms with Gasteiger partial charge < -0.3 is 15.2 Å². The zero-order valence-corrected chi connectivity index (χ0v) is 14.3. The van der Waals surface area contributed by atoms with Crippen molar-refractivity contribution < 1.29 is 0 Å². The van der Waals surface area contributed by atoms with Gasteiger partial charge in [0.15, 0.2) is 11.0 Å². The predicted octanol–water partition coefficient (Wildman–Crippen LogP) is 2.80. The molecule has 0 aliphatic heterocycles. The Kier molecular flexibility index (Phi) is 3.99. The molecule has 122 valence electrons. The van der Waals surface area contributed by atoms with E-state index in [2.05, 4.69) is 15.0 Å². The lowest BCUT2D eigenvalue weighted by Crippen LogP contribution is -2.15. The first-order chi connectivity index (χ1) is 11.5. The zero-order chi connectivity index (χ0) is 17.4. The molecule has 3 aromatic heterocycles. The second kappa shape index (κ2) is 5.98. The van der Waals surface area contributed by atoms with E-state index in [9.17, 15) is 0 Å². The maximum Gasteiger partial charge on any atom is 0.154 e. The van der Waals surface area contributed by atoms with Gasteiger partial charge in [-0.3, -0.25) is 0 Å². The molecule has 0 unspecified atom stereocenters. The molecule has 0 aromatic carbocycles. The van der Waals surface area contributed by atoms with Gasteiger partial charge in [-0.05, 0) is 18.1 Å². The molecule has 0 amide bonds. The first kappa shape index (κ1) is 16.0. The third-order valence-corrected chi connectivity index (χ3v) is 4.19. The highest BCUT2D eigenvalue weighted by Gasteiger charge is 2.18. The van der Waals surface area contributed by atoms with Crippen LogP contribution in [0.3, 0.4) is 0 Å². The SMILES string of the molecule is CCc1cc(C#N)nc(Cl)c1N(C)c1cc2c(ncn2C)c(N)n1. The molecule has 7 nitrogen and oxygen atoms in total. The molecule has 0 spiro atoms. The quantitative estimate of drug-likeness (QED) is 0.736. The highest BCUT2D eigenvalue weighted by molar-refractivity contribution is 6.32. The normalized spacial score (nSPS) is 10.8. The van der Waals surface area contributed by atoms with E-state index in [0.29, 0.717) is 35.0 Å². The number of anilines is 3. The summed E-state index contributed by atoms with van der Waals surface area (Å²) >= 11 is 6.32. The Bertz CT molecular complexity index is 971. The van der Waals surface area contributed by atoms with Gasteiger partial charge in [-0.1, -0.05) is 18.5 Å². The van der Waals surface area contributed by atoms with Crippen LogP contribution in [0.4, 0.5) is 17.3 Å². The number of imidazole rings is 1. The molecule has 24 heavy (non-hydrogen) atoms. The summed E-state index contributed by atoms with van der Waals surface area (Å²) in [7, 11) is 3.74. The Labute approximate surface area is 144 Å². The number of nitrogens with two attached hydrogens (primary N) is 1. The summed E-state index contributed by atoms with van der Waals surface area (Å²) in [4.78, 5) is 14.6. The lowest BCUT2D eigenvalue weighted by Gasteiger charge is -2.22. The molecule has 8 heteroatoms. The third-order valence-electron chi connectivity index (χ3n) is 3.93. The molecular weight excluding hydrogens is 326 g/mol. The van der Waals surface area contributed by atoms with Crippen molar-refractivity contribution in [3.05, 3.63) is 34.9 Å². The van der Waals surface area contributed by atoms with Gasteiger partial charge in [0.2, 0.25) is 0 Å². The minimum Gasteiger partial charge on any atom is -0.382 e. The summed E-state index contributed by atoms with van der Waals surface area (Å²) in [5.41, 5.74) is 9.50. The Morgan fingerprint density at radius 3 is 2.79 bits per heavy atom. The van der Waals surface area contributed by atoms with E-state index in [4.69, 9.17) is 22.6 Å². The van der Waals surface area contributed by atoms with Gasteiger partial charge in [-0.15, -0.1) is 0 Å². The van der Waals surface area contributed by atoms with Crippen molar-refractivity contribution in [1.82, 2.24) is 19.5 Å². The molecule has 0 bridgehead atoms. The number of nitrogen functional groups attached to an aromatic ring is 1. The van der Waals surface area contributed by atoms with Crippen molar-refractivity contribution in [2.75, 3.05) is 17.7 Å². The van der Waals surface area contributed by atoms with E-state index in [1.165, 1.54) is 0 Å². The first-order valence-corrected chi connectivity index (χ1v) is 7.74. The van der Waals surface area contributed by atoms with Crippen LogP contribution < -0.4 is 10.6 Å². The molecular formula is C16H16ClN7. The van der Waals surface area contributed by atoms with Gasteiger partial charge in [0.05, 0.1) is 17.5 Å². The standard InChI is InChI=1S/C16H16ClN7/c1-4-9-5-10(7-18)21-15(17)14(9)24(3)12-6-11-13(16(19)22-12)20-8-23(11)2/h5-6,8H,4H2,1-3H3,(H2,19,22). The number of halogens is 1. The van der Waals surface area contributed by atoms with Crippen molar-refractivity contribution in [2.24, 2.45) is 7.05 Å². The lowest BCUT2D eigenvalue weighted by molar-refractivity contribution is 0.946. The van der Waals surface area contributed by atoms with Crippen molar-refractivity contribution in [2.45, 2.75) is 13.3 Å². The van der Waals surface area contributed by atoms with Crippen LogP contribution in [-0.2, 0) is 13.5 Å². The Hall–Kier alpha value is -2.85. The van der Waals surface area contributed by atoms with Crippen LogP contribution in [0.25, 0.3) is 11.0 Å². The van der Waals surface area contributed by atoms with Crippen LogP contribution in [0, 0.1) is 11.3 Å². The summed E-state index contributed by atoms with van der Waals surface area (Å²) in [6.07, 6.45) is 2.40. The van der Waals surface area contributed by atoms with Gasteiger partial charge in [-0.25, -0.2) is 15.0 Å². The highest BCUT2D eigenvalue weighted by Crippen LogP contribution is 2.34. The fourth-order valence-electron chi connectivity index (χ4n) is 2.66. The topological polar surface area (TPSA) is 96.7 Å². The number of nitriles is 1. The summed E-state index contributed by atoms with van der Waals surface area (Å²) in [5.74, 6) is 0.984. The van der Waals surface area contributed by atoms with E-state index in [1.807, 2.05) is 42.6 Å². The van der Waals surface area contributed by atoms with Gasteiger partial charge >= 0.3 is 0 Å². The number of nitrogens with zero attached hydrogens (tertiary/aromatic N) is 6. The summed E-state index contributed by atoms with van der Waals surface area (Å²) in [6.45, 7) is 2.00. The van der Waals surface area contributed by atoms with Crippen LogP contribution >= 0.6 is 11.6 Å². The zero-order valence-electron chi connectivity index (χ0n) is 13.6. The van der Waals surface area contributed by atoms with Crippen molar-refractivity contribution in [1.29, 1.82) is 5.26 Å². The monoisotopic (exact) mass is 341 g/mol. The fourth-order valence-corrected chi connectivity index (χ4v) is 3.00. The lowest BCUT2D eigenvalue weighted by atomic mass is 10.1. The average molecular weight is 342 g/mol.